The number of carbonyl (C=O) groups excluding carboxylic acids is 2. The Bertz CT molecular complexity index is 391. The van der Waals surface area contributed by atoms with Gasteiger partial charge >= 0.3 is 0 Å². The largest absolute Gasteiger partial charge is 0.379 e. The Labute approximate surface area is 118 Å². The van der Waals surface area contributed by atoms with Gasteiger partial charge in [0.1, 0.15) is 5.71 Å². The van der Waals surface area contributed by atoms with Crippen LogP contribution in [0.2, 0.25) is 0 Å². The van der Waals surface area contributed by atoms with E-state index in [9.17, 15) is 9.59 Å². The van der Waals surface area contributed by atoms with Gasteiger partial charge in [0.05, 0.1) is 13.2 Å². The van der Waals surface area contributed by atoms with Crippen molar-refractivity contribution in [3.63, 3.8) is 0 Å². The number of amides is 2. The van der Waals surface area contributed by atoms with Crippen molar-refractivity contribution in [2.45, 2.75) is 19.3 Å². The zero-order valence-corrected chi connectivity index (χ0v) is 11.9. The van der Waals surface area contributed by atoms with Crippen LogP contribution in [0.5, 0.6) is 0 Å². The van der Waals surface area contributed by atoms with E-state index in [4.69, 9.17) is 4.74 Å². The molecule has 2 amide bonds. The highest BCUT2D eigenvalue weighted by molar-refractivity contribution is 6.39. The van der Waals surface area contributed by atoms with Gasteiger partial charge in [-0.15, -0.1) is 0 Å². The zero-order chi connectivity index (χ0) is 14.4. The molecule has 2 heterocycles. The third kappa shape index (κ3) is 4.28. The first kappa shape index (κ1) is 14.9. The zero-order valence-electron chi connectivity index (χ0n) is 11.9. The van der Waals surface area contributed by atoms with Crippen molar-refractivity contribution in [2.75, 3.05) is 46.4 Å². The lowest BCUT2D eigenvalue weighted by atomic mass is 10.1. The van der Waals surface area contributed by atoms with Crippen LogP contribution < -0.4 is 5.32 Å². The number of hydrogen-bond acceptors (Lipinski definition) is 5. The van der Waals surface area contributed by atoms with Crippen molar-refractivity contribution >= 4 is 17.5 Å². The average molecular weight is 282 g/mol. The van der Waals surface area contributed by atoms with E-state index in [1.54, 1.807) is 7.05 Å². The molecule has 1 N–H and O–H groups in total. The number of hydrogen-bond donors (Lipinski definition) is 1. The predicted molar refractivity (Wildman–Crippen MR) is 74.3 cm³/mol. The summed E-state index contributed by atoms with van der Waals surface area (Å²) in [5.74, 6) is -0.208. The molecule has 1 saturated heterocycles. The topological polar surface area (TPSA) is 74.2 Å². The predicted octanol–water partition coefficient (Wildman–Crippen LogP) is -0.567. The maximum Gasteiger partial charge on any atom is 0.267 e. The molecule has 0 aromatic carbocycles. The Hall–Kier alpha value is -1.47. The summed E-state index contributed by atoms with van der Waals surface area (Å²) in [5.41, 5.74) is 0.443. The molecule has 0 radical (unpaired) electrons. The fourth-order valence-corrected chi connectivity index (χ4v) is 2.26. The molecule has 7 heteroatoms. The van der Waals surface area contributed by atoms with Crippen LogP contribution in [0, 0.1) is 0 Å². The molecule has 20 heavy (non-hydrogen) atoms. The Morgan fingerprint density at radius 3 is 2.80 bits per heavy atom. The summed E-state index contributed by atoms with van der Waals surface area (Å²) in [6.07, 6.45) is 1.70. The molecule has 0 bridgehead atoms. The molecular weight excluding hydrogens is 260 g/mol. The summed E-state index contributed by atoms with van der Waals surface area (Å²) in [6, 6.07) is 0. The van der Waals surface area contributed by atoms with E-state index >= 15 is 0 Å². The van der Waals surface area contributed by atoms with Gasteiger partial charge < -0.3 is 10.1 Å². The monoisotopic (exact) mass is 282 g/mol. The van der Waals surface area contributed by atoms with Gasteiger partial charge in [-0.1, -0.05) is 0 Å². The summed E-state index contributed by atoms with van der Waals surface area (Å²) < 4.78 is 5.28. The normalized spacial score (nSPS) is 20.8. The minimum atomic E-state index is -0.161. The molecule has 0 atom stereocenters. The maximum atomic E-state index is 11.9. The van der Waals surface area contributed by atoms with Crippen molar-refractivity contribution in [3.8, 4) is 0 Å². The van der Waals surface area contributed by atoms with Crippen molar-refractivity contribution in [1.82, 2.24) is 15.2 Å². The number of morpholine rings is 1. The van der Waals surface area contributed by atoms with Crippen LogP contribution in [0.4, 0.5) is 0 Å². The van der Waals surface area contributed by atoms with E-state index in [1.807, 2.05) is 0 Å². The summed E-state index contributed by atoms with van der Waals surface area (Å²) >= 11 is 0. The first-order valence-electron chi connectivity index (χ1n) is 7.09. The minimum Gasteiger partial charge on any atom is -0.379 e. The lowest BCUT2D eigenvalue weighted by Crippen LogP contribution is -2.40. The van der Waals surface area contributed by atoms with E-state index in [-0.39, 0.29) is 11.8 Å². The number of nitrogens with zero attached hydrogens (tertiary/aromatic N) is 3. The van der Waals surface area contributed by atoms with Crippen LogP contribution in [0.3, 0.4) is 0 Å². The highest BCUT2D eigenvalue weighted by Crippen LogP contribution is 2.06. The van der Waals surface area contributed by atoms with Crippen LogP contribution in [-0.2, 0) is 14.3 Å². The molecule has 0 aliphatic carbocycles. The number of rotatable bonds is 5. The smallest absolute Gasteiger partial charge is 0.267 e. The summed E-state index contributed by atoms with van der Waals surface area (Å²) in [4.78, 5) is 25.5. The first-order valence-corrected chi connectivity index (χ1v) is 7.09. The highest BCUT2D eigenvalue weighted by atomic mass is 16.5. The third-order valence-electron chi connectivity index (χ3n) is 3.51. The van der Waals surface area contributed by atoms with E-state index in [0.29, 0.717) is 25.1 Å². The second-order valence-corrected chi connectivity index (χ2v) is 5.03. The van der Waals surface area contributed by atoms with Crippen molar-refractivity contribution < 1.29 is 14.3 Å². The van der Waals surface area contributed by atoms with Crippen LogP contribution in [0.15, 0.2) is 5.10 Å². The molecular formula is C13H22N4O3. The number of hydrazone groups is 1. The molecule has 1 fully saturated rings. The number of nitrogens with one attached hydrogen (secondary N) is 1. The fourth-order valence-electron chi connectivity index (χ4n) is 2.26. The van der Waals surface area contributed by atoms with Crippen LogP contribution in [-0.4, -0.2) is 73.9 Å². The second-order valence-electron chi connectivity index (χ2n) is 5.03. The molecule has 2 aliphatic rings. The van der Waals surface area contributed by atoms with Crippen molar-refractivity contribution in [3.05, 3.63) is 0 Å². The fraction of sp³-hybridized carbons (Fsp3) is 0.769. The van der Waals surface area contributed by atoms with Crippen LogP contribution in [0.1, 0.15) is 19.3 Å². The lowest BCUT2D eigenvalue weighted by molar-refractivity contribution is -0.130. The standard InChI is InChI=1S/C13H22N4O3/c1-16-12(18)4-3-11(15-16)13(19)14-5-2-6-17-7-9-20-10-8-17/h2-10H2,1H3,(H,14,19). The molecule has 2 aliphatic heterocycles. The molecule has 0 aromatic rings. The Balaban J connectivity index is 1.65. The minimum absolute atomic E-state index is 0.0473. The van der Waals surface area contributed by atoms with Crippen molar-refractivity contribution in [1.29, 1.82) is 0 Å². The van der Waals surface area contributed by atoms with Gasteiger partial charge in [-0.25, -0.2) is 5.01 Å². The third-order valence-corrected chi connectivity index (χ3v) is 3.51. The Kier molecular flexibility index (Phi) is 5.49. The van der Waals surface area contributed by atoms with Crippen molar-refractivity contribution in [2.24, 2.45) is 5.10 Å². The van der Waals surface area contributed by atoms with E-state index in [1.165, 1.54) is 5.01 Å². The average Bonchev–Trinajstić information content (AvgIpc) is 2.47. The van der Waals surface area contributed by atoms with Gasteiger partial charge in [-0.05, 0) is 13.0 Å². The van der Waals surface area contributed by atoms with Gasteiger partial charge in [0, 0.05) is 39.5 Å². The van der Waals surface area contributed by atoms with Gasteiger partial charge in [-0.3, -0.25) is 14.5 Å². The number of carbonyl (C=O) groups is 2. The van der Waals surface area contributed by atoms with Gasteiger partial charge in [0.2, 0.25) is 5.91 Å². The Morgan fingerprint density at radius 2 is 2.10 bits per heavy atom. The molecule has 0 spiro atoms. The SMILES string of the molecule is CN1N=C(C(=O)NCCCN2CCOCC2)CCC1=O. The highest BCUT2D eigenvalue weighted by Gasteiger charge is 2.21. The van der Waals surface area contributed by atoms with E-state index < -0.39 is 0 Å². The van der Waals surface area contributed by atoms with Crippen LogP contribution in [0.25, 0.3) is 0 Å². The molecule has 0 aromatic heterocycles. The maximum absolute atomic E-state index is 11.9. The summed E-state index contributed by atoms with van der Waals surface area (Å²) in [5, 5.41) is 8.10. The molecule has 112 valence electrons. The lowest BCUT2D eigenvalue weighted by Gasteiger charge is -2.26. The van der Waals surface area contributed by atoms with E-state index in [2.05, 4.69) is 15.3 Å². The molecule has 0 unspecified atom stereocenters. The first-order chi connectivity index (χ1) is 9.66. The van der Waals surface area contributed by atoms with Crippen LogP contribution >= 0.6 is 0 Å². The summed E-state index contributed by atoms with van der Waals surface area (Å²) in [7, 11) is 1.58. The molecule has 2 rings (SSSR count). The van der Waals surface area contributed by atoms with Gasteiger partial charge in [0.25, 0.3) is 5.91 Å². The summed E-state index contributed by atoms with van der Waals surface area (Å²) in [6.45, 7) is 5.12. The number of ether oxygens (including phenoxy) is 1. The Morgan fingerprint density at radius 1 is 1.35 bits per heavy atom. The van der Waals surface area contributed by atoms with Gasteiger partial charge in [-0.2, -0.15) is 5.10 Å². The quantitative estimate of drug-likeness (QED) is 0.686. The van der Waals surface area contributed by atoms with E-state index in [0.717, 1.165) is 39.3 Å². The molecule has 0 saturated carbocycles. The second kappa shape index (κ2) is 7.35. The van der Waals surface area contributed by atoms with Gasteiger partial charge in [0.15, 0.2) is 0 Å². The molecule has 7 nitrogen and oxygen atoms in total.